The maximum Gasteiger partial charge on any atom is 0.309 e. The maximum atomic E-state index is 12.2. The van der Waals surface area contributed by atoms with Crippen molar-refractivity contribution in [2.24, 2.45) is 17.3 Å². The fraction of sp³-hybridized carbons (Fsp3) is 0.882. The van der Waals surface area contributed by atoms with Gasteiger partial charge in [0.05, 0.1) is 19.1 Å². The van der Waals surface area contributed by atoms with Gasteiger partial charge >= 0.3 is 5.97 Å². The monoisotopic (exact) mass is 316 g/mol. The van der Waals surface area contributed by atoms with E-state index in [0.29, 0.717) is 6.42 Å². The quantitative estimate of drug-likeness (QED) is 0.763. The predicted octanol–water partition coefficient (Wildman–Crippen LogP) is 2.59. The van der Waals surface area contributed by atoms with Gasteiger partial charge in [-0.15, -0.1) is 0 Å². The fourth-order valence-corrected chi connectivity index (χ4v) is 2.29. The molecule has 0 aliphatic carbocycles. The molecule has 22 heavy (non-hydrogen) atoms. The van der Waals surface area contributed by atoms with Crippen molar-refractivity contribution in [3.05, 3.63) is 0 Å². The minimum absolute atomic E-state index is 0.138. The van der Waals surface area contributed by atoms with Crippen LogP contribution in [-0.2, 0) is 19.1 Å². The predicted molar refractivity (Wildman–Crippen MR) is 85.5 cm³/mol. The second kappa shape index (κ2) is 9.26. The molecule has 0 aromatic heterocycles. The Morgan fingerprint density at radius 2 is 1.77 bits per heavy atom. The molecule has 1 aliphatic heterocycles. The second-order valence-corrected chi connectivity index (χ2v) is 6.16. The molecule has 5 heteroatoms. The lowest BCUT2D eigenvalue weighted by Gasteiger charge is -2.35. The molecular formula is C17H32O5. The van der Waals surface area contributed by atoms with Crippen LogP contribution in [-0.4, -0.2) is 42.3 Å². The van der Waals surface area contributed by atoms with Crippen molar-refractivity contribution < 1.29 is 24.2 Å². The van der Waals surface area contributed by atoms with Crippen molar-refractivity contribution in [1.29, 1.82) is 0 Å². The highest BCUT2D eigenvalue weighted by Crippen LogP contribution is 2.37. The van der Waals surface area contributed by atoms with E-state index in [1.807, 2.05) is 41.5 Å². The van der Waals surface area contributed by atoms with E-state index >= 15 is 0 Å². The average Bonchev–Trinajstić information content (AvgIpc) is 2.91. The second-order valence-electron chi connectivity index (χ2n) is 6.16. The van der Waals surface area contributed by atoms with Gasteiger partial charge < -0.3 is 14.6 Å². The molecule has 0 bridgehead atoms. The molecule has 0 aromatic carbocycles. The zero-order valence-electron chi connectivity index (χ0n) is 15.0. The molecule has 5 nitrogen and oxygen atoms in total. The SMILES string of the molecule is CC.CCC(=O)C(C)C(C)(C)C(C)C(=O)OC1COCC1O. The highest BCUT2D eigenvalue weighted by atomic mass is 16.6. The van der Waals surface area contributed by atoms with Gasteiger partial charge in [-0.05, 0) is 5.41 Å². The van der Waals surface area contributed by atoms with E-state index in [9.17, 15) is 14.7 Å². The molecule has 0 radical (unpaired) electrons. The van der Waals surface area contributed by atoms with Crippen molar-refractivity contribution in [3.8, 4) is 0 Å². The number of esters is 1. The molecule has 1 rings (SSSR count). The van der Waals surface area contributed by atoms with Crippen LogP contribution in [0, 0.1) is 17.3 Å². The van der Waals surface area contributed by atoms with E-state index in [1.54, 1.807) is 6.92 Å². The molecule has 0 aromatic rings. The largest absolute Gasteiger partial charge is 0.457 e. The molecular weight excluding hydrogens is 284 g/mol. The Balaban J connectivity index is 0.00000211. The van der Waals surface area contributed by atoms with Gasteiger partial charge in [0.15, 0.2) is 6.10 Å². The molecule has 1 heterocycles. The smallest absolute Gasteiger partial charge is 0.309 e. The van der Waals surface area contributed by atoms with Crippen LogP contribution in [0.3, 0.4) is 0 Å². The third kappa shape index (κ3) is 5.06. The Hall–Kier alpha value is -0.940. The van der Waals surface area contributed by atoms with E-state index in [4.69, 9.17) is 9.47 Å². The first-order valence-electron chi connectivity index (χ1n) is 8.20. The first kappa shape index (κ1) is 21.1. The molecule has 4 atom stereocenters. The number of hydrogen-bond donors (Lipinski definition) is 1. The summed E-state index contributed by atoms with van der Waals surface area (Å²) in [5.41, 5.74) is -0.491. The number of hydrogen-bond acceptors (Lipinski definition) is 5. The molecule has 4 unspecified atom stereocenters. The minimum Gasteiger partial charge on any atom is -0.457 e. The lowest BCUT2D eigenvalue weighted by molar-refractivity contribution is -0.162. The zero-order valence-corrected chi connectivity index (χ0v) is 15.0. The summed E-state index contributed by atoms with van der Waals surface area (Å²) in [6, 6.07) is 0. The third-order valence-corrected chi connectivity index (χ3v) is 4.68. The van der Waals surface area contributed by atoms with Gasteiger partial charge in [0.25, 0.3) is 0 Å². The van der Waals surface area contributed by atoms with Gasteiger partial charge in [0.2, 0.25) is 0 Å². The highest BCUT2D eigenvalue weighted by molar-refractivity contribution is 5.82. The van der Waals surface area contributed by atoms with Crippen molar-refractivity contribution in [2.75, 3.05) is 13.2 Å². The summed E-state index contributed by atoms with van der Waals surface area (Å²) < 4.78 is 10.4. The number of rotatable bonds is 6. The fourth-order valence-electron chi connectivity index (χ4n) is 2.29. The van der Waals surface area contributed by atoms with Gasteiger partial charge in [-0.25, -0.2) is 0 Å². The van der Waals surface area contributed by atoms with Crippen molar-refractivity contribution in [3.63, 3.8) is 0 Å². The van der Waals surface area contributed by atoms with Gasteiger partial charge in [0, 0.05) is 12.3 Å². The van der Waals surface area contributed by atoms with Crippen molar-refractivity contribution in [1.82, 2.24) is 0 Å². The van der Waals surface area contributed by atoms with E-state index in [1.165, 1.54) is 0 Å². The zero-order chi connectivity index (χ0) is 17.5. The van der Waals surface area contributed by atoms with Crippen molar-refractivity contribution >= 4 is 11.8 Å². The number of ether oxygens (including phenoxy) is 2. The Morgan fingerprint density at radius 1 is 1.23 bits per heavy atom. The Morgan fingerprint density at radius 3 is 2.18 bits per heavy atom. The normalized spacial score (nSPS) is 24.0. The van der Waals surface area contributed by atoms with Crippen molar-refractivity contribution in [2.45, 2.75) is 67.1 Å². The molecule has 1 fully saturated rings. The molecule has 1 saturated heterocycles. The van der Waals surface area contributed by atoms with E-state index < -0.39 is 23.5 Å². The number of aliphatic hydroxyl groups is 1. The Bertz CT molecular complexity index is 364. The summed E-state index contributed by atoms with van der Waals surface area (Å²) in [6.07, 6.45) is -0.899. The van der Waals surface area contributed by atoms with Crippen LogP contribution in [0.5, 0.6) is 0 Å². The summed E-state index contributed by atoms with van der Waals surface area (Å²) >= 11 is 0. The van der Waals surface area contributed by atoms with Gasteiger partial charge in [0.1, 0.15) is 11.9 Å². The van der Waals surface area contributed by atoms with Crippen LogP contribution < -0.4 is 0 Å². The number of Topliss-reactive ketones (excluding diaryl/α,β-unsaturated/α-hetero) is 1. The first-order chi connectivity index (χ1) is 10.2. The number of aliphatic hydroxyl groups excluding tert-OH is 1. The number of ketones is 1. The van der Waals surface area contributed by atoms with Gasteiger partial charge in [-0.3, -0.25) is 9.59 Å². The summed E-state index contributed by atoms with van der Waals surface area (Å²) in [4.78, 5) is 24.1. The van der Waals surface area contributed by atoms with Crippen LogP contribution in [0.15, 0.2) is 0 Å². The van der Waals surface area contributed by atoms with Gasteiger partial charge in [-0.1, -0.05) is 48.5 Å². The molecule has 0 amide bonds. The van der Waals surface area contributed by atoms with Gasteiger partial charge in [-0.2, -0.15) is 0 Å². The van der Waals surface area contributed by atoms with Crippen LogP contribution >= 0.6 is 0 Å². The molecule has 1 N–H and O–H groups in total. The Labute approximate surface area is 134 Å². The van der Waals surface area contributed by atoms with Crippen LogP contribution in [0.2, 0.25) is 0 Å². The molecule has 0 spiro atoms. The summed E-state index contributed by atoms with van der Waals surface area (Å²) in [7, 11) is 0. The first-order valence-corrected chi connectivity index (χ1v) is 8.20. The lowest BCUT2D eigenvalue weighted by Crippen LogP contribution is -2.41. The average molecular weight is 316 g/mol. The van der Waals surface area contributed by atoms with E-state index in [2.05, 4.69) is 0 Å². The number of carbonyl (C=O) groups excluding carboxylic acids is 2. The topological polar surface area (TPSA) is 72.8 Å². The molecule has 130 valence electrons. The van der Waals surface area contributed by atoms with E-state index in [0.717, 1.165) is 0 Å². The third-order valence-electron chi connectivity index (χ3n) is 4.68. The highest BCUT2D eigenvalue weighted by Gasteiger charge is 2.41. The van der Waals surface area contributed by atoms with E-state index in [-0.39, 0.29) is 30.9 Å². The van der Waals surface area contributed by atoms with Crippen LogP contribution in [0.25, 0.3) is 0 Å². The number of carbonyl (C=O) groups is 2. The van der Waals surface area contributed by atoms with Crippen LogP contribution in [0.4, 0.5) is 0 Å². The maximum absolute atomic E-state index is 12.2. The summed E-state index contributed by atoms with van der Waals surface area (Å²) in [5, 5.41) is 9.60. The van der Waals surface area contributed by atoms with Crippen LogP contribution in [0.1, 0.15) is 54.9 Å². The summed E-state index contributed by atoms with van der Waals surface area (Å²) in [5.74, 6) is -0.903. The summed E-state index contributed by atoms with van der Waals surface area (Å²) in [6.45, 7) is 13.7. The lowest BCUT2D eigenvalue weighted by atomic mass is 9.69. The minimum atomic E-state index is -0.760. The molecule has 1 aliphatic rings. The Kier molecular flexibility index (Phi) is 8.86. The standard InChI is InChI=1S/C15H26O5.C2H6/c1-6-11(16)9(2)15(4,5)10(3)14(18)20-13-8-19-7-12(13)17;1-2/h9-10,12-13,17H,6-8H2,1-5H3;1-2H3. The molecule has 0 saturated carbocycles.